The lowest BCUT2D eigenvalue weighted by molar-refractivity contribution is 0.497. The minimum atomic E-state index is -5.02. The molecule has 0 N–H and O–H groups in total. The van der Waals surface area contributed by atoms with Gasteiger partial charge >= 0.3 is 14.0 Å². The van der Waals surface area contributed by atoms with Crippen molar-refractivity contribution < 1.29 is 25.9 Å². The maximum atomic E-state index is 11.9. The monoisotopic (exact) mass is 270 g/mol. The van der Waals surface area contributed by atoms with Crippen molar-refractivity contribution in [3.8, 4) is 0 Å². The van der Waals surface area contributed by atoms with Crippen LogP contribution in [0.3, 0.4) is 0 Å². The minimum Gasteiger partial charge on any atom is -0.445 e. The molecule has 1 heterocycles. The van der Waals surface area contributed by atoms with Crippen LogP contribution in [0.4, 0.5) is 25.9 Å². The van der Waals surface area contributed by atoms with Crippen molar-refractivity contribution in [1.82, 2.24) is 0 Å². The zero-order valence-corrected chi connectivity index (χ0v) is 9.11. The van der Waals surface area contributed by atoms with E-state index in [2.05, 4.69) is 0 Å². The molecule has 0 bridgehead atoms. The van der Waals surface area contributed by atoms with Gasteiger partial charge in [-0.2, -0.15) is 0 Å². The van der Waals surface area contributed by atoms with Crippen LogP contribution in [-0.2, 0) is 0 Å². The molecular weight excluding hydrogens is 264 g/mol. The fourth-order valence-electron chi connectivity index (χ4n) is 0.955. The first-order valence-corrected chi connectivity index (χ1v) is 5.36. The van der Waals surface area contributed by atoms with Gasteiger partial charge in [-0.1, -0.05) is 12.2 Å². The fourth-order valence-corrected chi connectivity index (χ4v) is 1.79. The summed E-state index contributed by atoms with van der Waals surface area (Å²) in [6.07, 6.45) is 1.70. The average molecular weight is 270 g/mol. The number of rotatable bonds is 4. The molecule has 1 aromatic heterocycles. The van der Waals surface area contributed by atoms with Gasteiger partial charge in [0.05, 0.1) is 0 Å². The fraction of sp³-hybridized carbons (Fsp3) is 0. The Bertz CT molecular complexity index is 389. The van der Waals surface area contributed by atoms with Gasteiger partial charge in [0.15, 0.2) is 0 Å². The van der Waals surface area contributed by atoms with E-state index < -0.39 is 14.0 Å². The maximum Gasteiger partial charge on any atom is 0.502 e. The summed E-state index contributed by atoms with van der Waals surface area (Å²) in [4.78, 5) is 0.525. The van der Waals surface area contributed by atoms with Crippen LogP contribution in [0, 0.1) is 0 Å². The van der Waals surface area contributed by atoms with E-state index in [1.807, 2.05) is 0 Å². The van der Waals surface area contributed by atoms with E-state index in [4.69, 9.17) is 0 Å². The Morgan fingerprint density at radius 2 is 1.12 bits per heavy atom. The normalized spacial score (nSPS) is 14.0. The van der Waals surface area contributed by atoms with Crippen molar-refractivity contribution in [2.45, 2.75) is 0 Å². The van der Waals surface area contributed by atoms with Crippen LogP contribution < -0.4 is 0 Å². The van der Waals surface area contributed by atoms with Gasteiger partial charge in [0.2, 0.25) is 0 Å². The van der Waals surface area contributed by atoms with Crippen LogP contribution in [-0.4, -0.2) is 14.0 Å². The number of halogens is 6. The lowest BCUT2D eigenvalue weighted by atomic mass is 9.91. The Labute approximate surface area is 97.8 Å². The highest BCUT2D eigenvalue weighted by atomic mass is 32.1. The van der Waals surface area contributed by atoms with Gasteiger partial charge in [-0.15, -0.1) is 23.3 Å². The lowest BCUT2D eigenvalue weighted by Gasteiger charge is -2.05. The summed E-state index contributed by atoms with van der Waals surface area (Å²) < 4.78 is 71.2. The van der Waals surface area contributed by atoms with E-state index in [0.717, 1.165) is 23.5 Å². The van der Waals surface area contributed by atoms with Crippen molar-refractivity contribution in [2.75, 3.05) is 0 Å². The molecule has 0 spiro atoms. The van der Waals surface area contributed by atoms with Gasteiger partial charge in [0.25, 0.3) is 0 Å². The van der Waals surface area contributed by atoms with E-state index in [9.17, 15) is 25.9 Å². The molecule has 0 aliphatic rings. The highest BCUT2D eigenvalue weighted by molar-refractivity contribution is 7.13. The molecule has 0 saturated heterocycles. The van der Waals surface area contributed by atoms with Gasteiger partial charge in [-0.3, -0.25) is 0 Å². The van der Waals surface area contributed by atoms with E-state index >= 15 is 0 Å². The molecule has 0 radical (unpaired) electrons. The predicted molar refractivity (Wildman–Crippen MR) is 60.5 cm³/mol. The van der Waals surface area contributed by atoms with Gasteiger partial charge in [-0.05, 0) is 12.1 Å². The topological polar surface area (TPSA) is 0 Å². The van der Waals surface area contributed by atoms with Gasteiger partial charge in [0.1, 0.15) is 0 Å². The van der Waals surface area contributed by atoms with Crippen molar-refractivity contribution in [3.63, 3.8) is 0 Å². The third kappa shape index (κ3) is 6.25. The Morgan fingerprint density at radius 1 is 0.765 bits per heavy atom. The van der Waals surface area contributed by atoms with Gasteiger partial charge in [-0.25, -0.2) is 0 Å². The standard InChI is InChI=1S/C8H6B2F6S/c11-9(12,13)5-3-7-1-2-8(17-7)4-6-10(14,15)16/h1-6H/q-2/b5-3+,6-4+. The summed E-state index contributed by atoms with van der Waals surface area (Å²) in [5.41, 5.74) is 0. The highest BCUT2D eigenvalue weighted by Crippen LogP contribution is 2.22. The van der Waals surface area contributed by atoms with Crippen molar-refractivity contribution in [1.29, 1.82) is 0 Å². The van der Waals surface area contributed by atoms with Gasteiger partial charge < -0.3 is 25.9 Å². The van der Waals surface area contributed by atoms with E-state index in [1.165, 1.54) is 12.1 Å². The summed E-state index contributed by atoms with van der Waals surface area (Å²) in [5, 5.41) is 0. The van der Waals surface area contributed by atoms with E-state index in [1.54, 1.807) is 0 Å². The Morgan fingerprint density at radius 3 is 1.41 bits per heavy atom. The zero-order chi connectivity index (χ0) is 13.1. The van der Waals surface area contributed by atoms with E-state index in [-0.39, 0.29) is 21.7 Å². The third-order valence-electron chi connectivity index (χ3n) is 1.60. The number of hydrogen-bond acceptors (Lipinski definition) is 1. The Hall–Kier alpha value is -1.11. The molecule has 0 fully saturated rings. The Balaban J connectivity index is 2.73. The van der Waals surface area contributed by atoms with Crippen molar-refractivity contribution in [3.05, 3.63) is 33.8 Å². The van der Waals surface area contributed by atoms with Crippen LogP contribution >= 0.6 is 11.3 Å². The van der Waals surface area contributed by atoms with Crippen LogP contribution in [0.5, 0.6) is 0 Å². The molecule has 17 heavy (non-hydrogen) atoms. The molecule has 0 unspecified atom stereocenters. The average Bonchev–Trinajstić information content (AvgIpc) is 2.57. The highest BCUT2D eigenvalue weighted by Gasteiger charge is 2.18. The summed E-state index contributed by atoms with van der Waals surface area (Å²) in [7, 11) is 0. The second kappa shape index (κ2) is 5.03. The van der Waals surface area contributed by atoms with Crippen LogP contribution in [0.15, 0.2) is 24.1 Å². The van der Waals surface area contributed by atoms with Crippen LogP contribution in [0.2, 0.25) is 0 Å². The molecular formula is C8H6B2F6S-2. The first-order valence-electron chi connectivity index (χ1n) is 4.54. The molecule has 1 aromatic rings. The van der Waals surface area contributed by atoms with Crippen molar-refractivity contribution in [2.24, 2.45) is 0 Å². The summed E-state index contributed by atoms with van der Waals surface area (Å²) >= 11 is 0.861. The molecule has 94 valence electrons. The van der Waals surface area contributed by atoms with Crippen LogP contribution in [0.1, 0.15) is 9.75 Å². The van der Waals surface area contributed by atoms with E-state index in [0.29, 0.717) is 0 Å². The molecule has 0 aliphatic heterocycles. The second-order valence-corrected chi connectivity index (χ2v) is 4.36. The molecule has 9 heteroatoms. The smallest absolute Gasteiger partial charge is 0.445 e. The molecule has 0 saturated carbocycles. The van der Waals surface area contributed by atoms with Crippen LogP contribution in [0.25, 0.3) is 12.2 Å². The maximum absolute atomic E-state index is 11.9. The zero-order valence-electron chi connectivity index (χ0n) is 8.29. The molecule has 0 nitrogen and oxygen atoms in total. The Kier molecular flexibility index (Phi) is 4.13. The molecule has 0 aliphatic carbocycles. The number of hydrogen-bond donors (Lipinski definition) is 0. The first-order chi connectivity index (χ1) is 7.66. The minimum absolute atomic E-state index is 0.104. The molecule has 0 aromatic carbocycles. The quantitative estimate of drug-likeness (QED) is 0.556. The summed E-state index contributed by atoms with van der Waals surface area (Å²) in [6, 6.07) is 2.68. The summed E-state index contributed by atoms with van der Waals surface area (Å²) in [5.74, 6) is 0.208. The largest absolute Gasteiger partial charge is 0.502 e. The van der Waals surface area contributed by atoms with Crippen molar-refractivity contribution >= 4 is 37.4 Å². The molecule has 0 atom stereocenters. The number of thiophene rings is 1. The second-order valence-electron chi connectivity index (χ2n) is 3.21. The third-order valence-corrected chi connectivity index (χ3v) is 2.62. The summed E-state index contributed by atoms with van der Waals surface area (Å²) in [6.45, 7) is -10.0. The molecule has 1 rings (SSSR count). The molecule has 0 amide bonds. The SMILES string of the molecule is F[B-](F)(F)/C=C/c1ccc(/C=C/[B-](F)(F)F)s1. The van der Waals surface area contributed by atoms with Gasteiger partial charge in [0, 0.05) is 9.75 Å². The lowest BCUT2D eigenvalue weighted by Crippen LogP contribution is -2.09. The predicted octanol–water partition coefficient (Wildman–Crippen LogP) is 4.55. The first kappa shape index (κ1) is 14.0.